The first-order chi connectivity index (χ1) is 11.3. The number of aliphatic hydroxyl groups is 3. The van der Waals surface area contributed by atoms with E-state index in [0.29, 0.717) is 11.3 Å². The van der Waals surface area contributed by atoms with Crippen LogP contribution in [-0.4, -0.2) is 65.0 Å². The second-order valence-electron chi connectivity index (χ2n) is 6.77. The number of aliphatic hydroxyl groups excluding tert-OH is 2. The summed E-state index contributed by atoms with van der Waals surface area (Å²) < 4.78 is 22.6. The summed E-state index contributed by atoms with van der Waals surface area (Å²) in [7, 11) is 1.54. The summed E-state index contributed by atoms with van der Waals surface area (Å²) in [5, 5.41) is 31.2. The van der Waals surface area contributed by atoms with Crippen molar-refractivity contribution in [1.82, 2.24) is 0 Å². The standard InChI is InChI=1S/C17H24O7/c1-15(2)22-13-14(23-15)24-16(9-18,10-19)17(13,20)8-11-6-4-5-7-12(11)21-3/h4-7,13-14,18-20H,8-10H2,1-3H3/t13-,14?,17-/m0/s1. The highest BCUT2D eigenvalue weighted by atomic mass is 16.8. The smallest absolute Gasteiger partial charge is 0.191 e. The van der Waals surface area contributed by atoms with Crippen LogP contribution in [0.4, 0.5) is 0 Å². The molecule has 1 aromatic rings. The number of para-hydroxylation sites is 1. The number of hydrogen-bond donors (Lipinski definition) is 3. The second kappa shape index (κ2) is 5.94. The third-order valence-corrected chi connectivity index (χ3v) is 4.82. The fourth-order valence-corrected chi connectivity index (χ4v) is 3.52. The molecule has 7 nitrogen and oxygen atoms in total. The van der Waals surface area contributed by atoms with Crippen LogP contribution >= 0.6 is 0 Å². The van der Waals surface area contributed by atoms with Crippen molar-refractivity contribution in [3.63, 3.8) is 0 Å². The quantitative estimate of drug-likeness (QED) is 0.704. The van der Waals surface area contributed by atoms with Gasteiger partial charge in [-0.1, -0.05) is 18.2 Å². The molecular formula is C17H24O7. The average Bonchev–Trinajstić information content (AvgIpc) is 2.97. The minimum Gasteiger partial charge on any atom is -0.496 e. The Morgan fingerprint density at radius 3 is 2.38 bits per heavy atom. The molecule has 2 saturated heterocycles. The molecule has 3 atom stereocenters. The number of ether oxygens (including phenoxy) is 4. The van der Waals surface area contributed by atoms with E-state index >= 15 is 0 Å². The Morgan fingerprint density at radius 2 is 1.75 bits per heavy atom. The van der Waals surface area contributed by atoms with E-state index in [-0.39, 0.29) is 6.42 Å². The van der Waals surface area contributed by atoms with Crippen LogP contribution in [0.1, 0.15) is 19.4 Å². The summed E-state index contributed by atoms with van der Waals surface area (Å²) in [6.45, 7) is 2.29. The van der Waals surface area contributed by atoms with Gasteiger partial charge in [0.05, 0.1) is 20.3 Å². The van der Waals surface area contributed by atoms with E-state index in [9.17, 15) is 15.3 Å². The van der Waals surface area contributed by atoms with E-state index in [0.717, 1.165) is 0 Å². The van der Waals surface area contributed by atoms with Gasteiger partial charge in [0.1, 0.15) is 23.1 Å². The van der Waals surface area contributed by atoms with E-state index < -0.39 is 42.6 Å². The highest BCUT2D eigenvalue weighted by Crippen LogP contribution is 2.50. The van der Waals surface area contributed by atoms with Crippen molar-refractivity contribution in [3.05, 3.63) is 29.8 Å². The van der Waals surface area contributed by atoms with Crippen LogP contribution in [0.3, 0.4) is 0 Å². The van der Waals surface area contributed by atoms with Crippen LogP contribution in [0.2, 0.25) is 0 Å². The Labute approximate surface area is 140 Å². The van der Waals surface area contributed by atoms with Crippen molar-refractivity contribution in [2.24, 2.45) is 0 Å². The molecule has 0 amide bonds. The average molecular weight is 340 g/mol. The Morgan fingerprint density at radius 1 is 1.08 bits per heavy atom. The van der Waals surface area contributed by atoms with Crippen molar-refractivity contribution in [2.45, 2.75) is 49.7 Å². The lowest BCUT2D eigenvalue weighted by atomic mass is 9.77. The first-order valence-electron chi connectivity index (χ1n) is 7.90. The fourth-order valence-electron chi connectivity index (χ4n) is 3.52. The van der Waals surface area contributed by atoms with E-state index in [4.69, 9.17) is 18.9 Å². The van der Waals surface area contributed by atoms with E-state index in [1.54, 1.807) is 27.0 Å². The lowest BCUT2D eigenvalue weighted by molar-refractivity contribution is -0.273. The van der Waals surface area contributed by atoms with Gasteiger partial charge in [0, 0.05) is 6.42 Å². The summed E-state index contributed by atoms with van der Waals surface area (Å²) in [4.78, 5) is 0. The normalized spacial score (nSPS) is 33.4. The van der Waals surface area contributed by atoms with E-state index in [1.165, 1.54) is 0 Å². The Kier molecular flexibility index (Phi) is 4.36. The van der Waals surface area contributed by atoms with Gasteiger partial charge in [-0.15, -0.1) is 0 Å². The van der Waals surface area contributed by atoms with Crippen molar-refractivity contribution in [1.29, 1.82) is 0 Å². The fraction of sp³-hybridized carbons (Fsp3) is 0.647. The molecule has 7 heteroatoms. The van der Waals surface area contributed by atoms with Crippen LogP contribution < -0.4 is 4.74 Å². The molecule has 2 aliphatic heterocycles. The van der Waals surface area contributed by atoms with Crippen molar-refractivity contribution in [2.75, 3.05) is 20.3 Å². The number of hydrogen-bond acceptors (Lipinski definition) is 7. The summed E-state index contributed by atoms with van der Waals surface area (Å²) in [5.74, 6) is -0.335. The highest BCUT2D eigenvalue weighted by molar-refractivity contribution is 5.36. The van der Waals surface area contributed by atoms with E-state index in [1.807, 2.05) is 18.2 Å². The maximum Gasteiger partial charge on any atom is 0.191 e. The van der Waals surface area contributed by atoms with Gasteiger partial charge >= 0.3 is 0 Å². The predicted octanol–water partition coefficient (Wildman–Crippen LogP) is 0.200. The summed E-state index contributed by atoms with van der Waals surface area (Å²) in [5.41, 5.74) is -2.57. The van der Waals surface area contributed by atoms with Crippen LogP contribution in [0.25, 0.3) is 0 Å². The molecule has 0 spiro atoms. The molecule has 0 bridgehead atoms. The molecule has 0 aromatic heterocycles. The SMILES string of the molecule is COc1ccccc1C[C@]1(O)[C@H]2OC(C)(C)OC2OC1(CO)CO. The van der Waals surface area contributed by atoms with Gasteiger partial charge < -0.3 is 34.3 Å². The van der Waals surface area contributed by atoms with Gasteiger partial charge in [-0.2, -0.15) is 0 Å². The topological polar surface area (TPSA) is 97.6 Å². The summed E-state index contributed by atoms with van der Waals surface area (Å²) in [6.07, 6.45) is -1.66. The Hall–Kier alpha value is -1.22. The summed E-state index contributed by atoms with van der Waals surface area (Å²) >= 11 is 0. The molecule has 24 heavy (non-hydrogen) atoms. The molecule has 0 aliphatic carbocycles. The Bertz CT molecular complexity index is 598. The van der Waals surface area contributed by atoms with Crippen LogP contribution in [0.15, 0.2) is 24.3 Å². The third kappa shape index (κ3) is 2.52. The molecular weight excluding hydrogens is 316 g/mol. The first-order valence-corrected chi connectivity index (χ1v) is 7.90. The number of methoxy groups -OCH3 is 1. The lowest BCUT2D eigenvalue weighted by Gasteiger charge is -2.41. The van der Waals surface area contributed by atoms with E-state index in [2.05, 4.69) is 0 Å². The van der Waals surface area contributed by atoms with Gasteiger partial charge in [-0.05, 0) is 25.5 Å². The van der Waals surface area contributed by atoms with Gasteiger partial charge in [-0.25, -0.2) is 0 Å². The van der Waals surface area contributed by atoms with Crippen molar-refractivity contribution < 1.29 is 34.3 Å². The number of benzene rings is 1. The molecule has 134 valence electrons. The molecule has 2 fully saturated rings. The lowest BCUT2D eigenvalue weighted by Crippen LogP contribution is -2.62. The minimum atomic E-state index is -1.69. The molecule has 0 radical (unpaired) electrons. The highest BCUT2D eigenvalue weighted by Gasteiger charge is 2.70. The maximum atomic E-state index is 11.5. The predicted molar refractivity (Wildman–Crippen MR) is 83.5 cm³/mol. The molecule has 3 rings (SSSR count). The first kappa shape index (κ1) is 17.6. The van der Waals surface area contributed by atoms with Crippen LogP contribution in [-0.2, 0) is 20.6 Å². The Balaban J connectivity index is 2.01. The minimum absolute atomic E-state index is 0.0682. The zero-order valence-corrected chi connectivity index (χ0v) is 14.1. The van der Waals surface area contributed by atoms with Crippen molar-refractivity contribution >= 4 is 0 Å². The van der Waals surface area contributed by atoms with Gasteiger partial charge in [-0.3, -0.25) is 0 Å². The molecule has 2 heterocycles. The molecule has 1 aromatic carbocycles. The maximum absolute atomic E-state index is 11.5. The molecule has 1 unspecified atom stereocenters. The zero-order valence-electron chi connectivity index (χ0n) is 14.1. The molecule has 2 aliphatic rings. The van der Waals surface area contributed by atoms with Gasteiger partial charge in [0.15, 0.2) is 12.1 Å². The zero-order chi connectivity index (χ0) is 17.6. The second-order valence-corrected chi connectivity index (χ2v) is 6.77. The van der Waals surface area contributed by atoms with Gasteiger partial charge in [0.25, 0.3) is 0 Å². The third-order valence-electron chi connectivity index (χ3n) is 4.82. The number of rotatable bonds is 5. The van der Waals surface area contributed by atoms with Crippen LogP contribution in [0.5, 0.6) is 5.75 Å². The molecule has 3 N–H and O–H groups in total. The largest absolute Gasteiger partial charge is 0.496 e. The van der Waals surface area contributed by atoms with Crippen LogP contribution in [0, 0.1) is 0 Å². The monoisotopic (exact) mass is 340 g/mol. The van der Waals surface area contributed by atoms with Gasteiger partial charge in [0.2, 0.25) is 0 Å². The summed E-state index contributed by atoms with van der Waals surface area (Å²) in [6, 6.07) is 7.24. The number of fused-ring (bicyclic) bond motifs is 1. The van der Waals surface area contributed by atoms with Crippen molar-refractivity contribution in [3.8, 4) is 5.75 Å². The molecule has 0 saturated carbocycles.